The van der Waals surface area contributed by atoms with Crippen LogP contribution in [0.15, 0.2) is 73.1 Å². The second kappa shape index (κ2) is 12.2. The van der Waals surface area contributed by atoms with Gasteiger partial charge in [0.15, 0.2) is 0 Å². The molecule has 4 aliphatic rings. The Bertz CT molecular complexity index is 1820. The predicted molar refractivity (Wildman–Crippen MR) is 183 cm³/mol. The zero-order chi connectivity index (χ0) is 33.0. The number of hydrogen-bond acceptors (Lipinski definition) is 7. The van der Waals surface area contributed by atoms with Crippen molar-refractivity contribution in [2.24, 2.45) is 17.8 Å². The third-order valence-electron chi connectivity index (χ3n) is 11.3. The van der Waals surface area contributed by atoms with Crippen LogP contribution >= 0.6 is 11.6 Å². The van der Waals surface area contributed by atoms with E-state index in [9.17, 15) is 18.3 Å². The van der Waals surface area contributed by atoms with E-state index in [0.29, 0.717) is 31.9 Å². The van der Waals surface area contributed by atoms with Crippen molar-refractivity contribution in [1.82, 2.24) is 9.71 Å². The van der Waals surface area contributed by atoms with Gasteiger partial charge in [-0.3, -0.25) is 9.78 Å². The van der Waals surface area contributed by atoms with Crippen molar-refractivity contribution in [3.8, 4) is 5.75 Å². The van der Waals surface area contributed by atoms with E-state index in [1.807, 2.05) is 37.3 Å². The van der Waals surface area contributed by atoms with E-state index in [-0.39, 0.29) is 28.7 Å². The molecule has 2 aromatic carbocycles. The molecule has 2 bridgehead atoms. The molecule has 1 spiro atoms. The number of halogens is 1. The van der Waals surface area contributed by atoms with Gasteiger partial charge in [-0.05, 0) is 105 Å². The van der Waals surface area contributed by atoms with Crippen LogP contribution in [0.4, 0.5) is 5.69 Å². The first-order valence-electron chi connectivity index (χ1n) is 16.7. The average Bonchev–Trinajstić information content (AvgIpc) is 3.19. The van der Waals surface area contributed by atoms with E-state index in [1.165, 1.54) is 11.1 Å². The number of aliphatic hydroxyl groups is 1. The molecular weight excluding hydrogens is 634 g/mol. The molecule has 1 aromatic heterocycles. The normalized spacial score (nSPS) is 32.5. The molecule has 1 fully saturated rings. The number of carbonyl (C=O) groups excluding carboxylic acids is 1. The van der Waals surface area contributed by atoms with E-state index >= 15 is 0 Å². The molecule has 3 heterocycles. The van der Waals surface area contributed by atoms with Gasteiger partial charge < -0.3 is 14.7 Å². The Hall–Kier alpha value is -3.40. The fraction of sp³-hybridized carbons (Fsp3) is 0.459. The molecule has 2 aliphatic carbocycles. The monoisotopic (exact) mass is 675 g/mol. The summed E-state index contributed by atoms with van der Waals surface area (Å²) in [6, 6.07) is 15.1. The first kappa shape index (κ1) is 32.2. The molecule has 1 saturated carbocycles. The Morgan fingerprint density at radius 2 is 1.98 bits per heavy atom. The second-order valence-corrected chi connectivity index (χ2v) is 16.6. The van der Waals surface area contributed by atoms with Crippen molar-refractivity contribution in [3.05, 3.63) is 100 Å². The maximum absolute atomic E-state index is 13.5. The van der Waals surface area contributed by atoms with Crippen LogP contribution in [-0.4, -0.2) is 49.4 Å². The smallest absolute Gasteiger partial charge is 0.264 e. The van der Waals surface area contributed by atoms with Crippen molar-refractivity contribution in [2.45, 2.75) is 68.6 Å². The van der Waals surface area contributed by atoms with Gasteiger partial charge in [-0.15, -0.1) is 0 Å². The lowest BCUT2D eigenvalue weighted by atomic mass is 9.62. The lowest BCUT2D eigenvalue weighted by molar-refractivity contribution is -0.0502. The standard InChI is InChI=1S/C37H42ClN3O5S/c1-24-6-3-16-37(43,29-8-5-17-39-20-29)32-12-9-28(32)21-41-22-36(15-4-7-26-18-30(38)11-13-31(26)36)23-46-34-14-10-27(19-33(34)41)35(42)40-47(44,45)25(24)2/h3,5,8,10-11,13-14,16-20,24-25,28,32,43H,4,6-7,9,12,15,21-23H2,1-2H3,(H,40,42)/b16-3-/t24-,25+,28-,32+,36-,37+/m0/s1. The molecule has 7 rings (SSSR count). The summed E-state index contributed by atoms with van der Waals surface area (Å²) in [6.07, 6.45) is 12.3. The maximum Gasteiger partial charge on any atom is 0.264 e. The lowest BCUT2D eigenvalue weighted by Crippen LogP contribution is -2.51. The number of amides is 1. The Labute approximate surface area is 282 Å². The Morgan fingerprint density at radius 3 is 2.74 bits per heavy atom. The highest BCUT2D eigenvalue weighted by molar-refractivity contribution is 7.90. The molecule has 2 N–H and O–H groups in total. The van der Waals surface area contributed by atoms with Crippen LogP contribution in [0.2, 0.25) is 5.02 Å². The Balaban J connectivity index is 1.35. The minimum atomic E-state index is -3.99. The van der Waals surface area contributed by atoms with Crippen LogP contribution in [0.25, 0.3) is 0 Å². The topological polar surface area (TPSA) is 109 Å². The number of sulfonamides is 1. The van der Waals surface area contributed by atoms with Gasteiger partial charge in [0.05, 0.1) is 17.5 Å². The summed E-state index contributed by atoms with van der Waals surface area (Å²) >= 11 is 6.44. The lowest BCUT2D eigenvalue weighted by Gasteiger charge is -2.49. The number of rotatable bonds is 1. The molecule has 8 nitrogen and oxygen atoms in total. The summed E-state index contributed by atoms with van der Waals surface area (Å²) in [6.45, 7) is 5.22. The van der Waals surface area contributed by atoms with E-state index < -0.39 is 26.8 Å². The number of anilines is 1. The average molecular weight is 676 g/mol. The first-order valence-corrected chi connectivity index (χ1v) is 18.6. The van der Waals surface area contributed by atoms with Crippen molar-refractivity contribution < 1.29 is 23.1 Å². The molecule has 248 valence electrons. The highest BCUT2D eigenvalue weighted by atomic mass is 35.5. The predicted octanol–water partition coefficient (Wildman–Crippen LogP) is 6.17. The van der Waals surface area contributed by atoms with Gasteiger partial charge in [0, 0.05) is 53.0 Å². The largest absolute Gasteiger partial charge is 0.490 e. The minimum absolute atomic E-state index is 0.0835. The summed E-state index contributed by atoms with van der Waals surface area (Å²) in [4.78, 5) is 20.1. The number of allylic oxidation sites excluding steroid dienone is 1. The van der Waals surface area contributed by atoms with Crippen LogP contribution < -0.4 is 14.4 Å². The quantitative estimate of drug-likeness (QED) is 0.297. The van der Waals surface area contributed by atoms with Crippen LogP contribution in [0, 0.1) is 17.8 Å². The van der Waals surface area contributed by atoms with Crippen molar-refractivity contribution in [3.63, 3.8) is 0 Å². The highest BCUT2D eigenvalue weighted by Crippen LogP contribution is 2.50. The molecule has 0 unspecified atom stereocenters. The van der Waals surface area contributed by atoms with Gasteiger partial charge in [0.25, 0.3) is 5.91 Å². The zero-order valence-electron chi connectivity index (χ0n) is 26.9. The summed E-state index contributed by atoms with van der Waals surface area (Å²) < 4.78 is 35.7. The highest BCUT2D eigenvalue weighted by Gasteiger charge is 2.49. The van der Waals surface area contributed by atoms with E-state index in [1.54, 1.807) is 37.5 Å². The van der Waals surface area contributed by atoms with Gasteiger partial charge in [0.1, 0.15) is 11.4 Å². The second-order valence-electron chi connectivity index (χ2n) is 14.1. The van der Waals surface area contributed by atoms with Crippen LogP contribution in [0.3, 0.4) is 0 Å². The molecule has 2 aliphatic heterocycles. The number of pyridine rings is 1. The Morgan fingerprint density at radius 1 is 1.13 bits per heavy atom. The van der Waals surface area contributed by atoms with Crippen LogP contribution in [-0.2, 0) is 27.5 Å². The SMILES string of the molecule is C[C@@H]1[C@@H](C)C/C=C\[C@@](O)(c2cccnc2)[C@@H]2CC[C@H]2CN2C[C@@]3(CCCc4cc(Cl)ccc43)COc3ccc(cc32)C(=O)NS1(=O)=O. The summed E-state index contributed by atoms with van der Waals surface area (Å²) in [5.74, 6) is -0.245. The van der Waals surface area contributed by atoms with Gasteiger partial charge >= 0.3 is 0 Å². The van der Waals surface area contributed by atoms with E-state index in [0.717, 1.165) is 48.4 Å². The van der Waals surface area contributed by atoms with Crippen molar-refractivity contribution in [1.29, 1.82) is 0 Å². The number of nitrogens with one attached hydrogen (secondary N) is 1. The van der Waals surface area contributed by atoms with Crippen molar-refractivity contribution >= 4 is 33.2 Å². The fourth-order valence-corrected chi connectivity index (χ4v) is 9.66. The number of aryl methyl sites for hydroxylation is 1. The zero-order valence-corrected chi connectivity index (χ0v) is 28.4. The molecule has 0 radical (unpaired) electrons. The molecule has 0 saturated heterocycles. The van der Waals surface area contributed by atoms with Crippen LogP contribution in [0.5, 0.6) is 5.75 Å². The van der Waals surface area contributed by atoms with Gasteiger partial charge in [-0.1, -0.05) is 42.8 Å². The number of ether oxygens (including phenoxy) is 1. The first-order chi connectivity index (χ1) is 22.5. The number of carbonyl (C=O) groups is 1. The summed E-state index contributed by atoms with van der Waals surface area (Å²) in [7, 11) is -3.99. The van der Waals surface area contributed by atoms with E-state index in [4.69, 9.17) is 16.3 Å². The van der Waals surface area contributed by atoms with E-state index in [2.05, 4.69) is 26.7 Å². The minimum Gasteiger partial charge on any atom is -0.490 e. The number of fused-ring (bicyclic) bond motifs is 4. The molecule has 10 heteroatoms. The molecule has 1 amide bonds. The van der Waals surface area contributed by atoms with Gasteiger partial charge in [-0.25, -0.2) is 13.1 Å². The molecule has 3 aromatic rings. The summed E-state index contributed by atoms with van der Waals surface area (Å²) in [5, 5.41) is 12.4. The molecular formula is C37H42ClN3O5S. The van der Waals surface area contributed by atoms with Gasteiger partial charge in [0.2, 0.25) is 10.0 Å². The third-order valence-corrected chi connectivity index (χ3v) is 13.4. The maximum atomic E-state index is 13.5. The fourth-order valence-electron chi connectivity index (χ4n) is 8.18. The number of hydrogen-bond donors (Lipinski definition) is 2. The van der Waals surface area contributed by atoms with Gasteiger partial charge in [-0.2, -0.15) is 0 Å². The number of aromatic nitrogens is 1. The number of benzene rings is 2. The molecule has 6 atom stereocenters. The number of nitrogens with zero attached hydrogens (tertiary/aromatic N) is 2. The van der Waals surface area contributed by atoms with Crippen molar-refractivity contribution in [2.75, 3.05) is 24.6 Å². The summed E-state index contributed by atoms with van der Waals surface area (Å²) in [5.41, 5.74) is 2.63. The third kappa shape index (κ3) is 5.85. The molecule has 47 heavy (non-hydrogen) atoms. The van der Waals surface area contributed by atoms with Crippen LogP contribution in [0.1, 0.15) is 73.0 Å². The Kier molecular flexibility index (Phi) is 8.38.